The normalized spacial score (nSPS) is 11.7. The number of ketones is 1. The van der Waals surface area contributed by atoms with Gasteiger partial charge in [-0.15, -0.1) is 4.98 Å². The standard InChI is InChI=1S/C16H12ClNO5.C14H13F3N4O5S/c1-9(15(19)20)21-11-3-5-12(6-4-11)22-16-18-13-7-2-10(17)8-14(13)23-16;1-21(27(23,24)12(16)17)9-7(5-4-6-8(9)15)10(22)11-18-13(25-2)20-14(19-11)26-3/h2-9H,1H3,(H,19,20);4-6,12H,1-3H3/t9-;/m0./s1. The van der Waals surface area contributed by atoms with Crippen LogP contribution in [0.1, 0.15) is 23.1 Å². The maximum atomic E-state index is 14.3. The highest BCUT2D eigenvalue weighted by Crippen LogP contribution is 2.30. The molecule has 50 heavy (non-hydrogen) atoms. The quantitative estimate of drug-likeness (QED) is 0.160. The molecular formula is C30H25ClF3N5O10S. The highest BCUT2D eigenvalue weighted by atomic mass is 35.5. The van der Waals surface area contributed by atoms with Gasteiger partial charge in [-0.25, -0.2) is 17.6 Å². The number of carbonyl (C=O) groups is 2. The lowest BCUT2D eigenvalue weighted by molar-refractivity contribution is -0.144. The minimum absolute atomic E-state index is 0.00408. The van der Waals surface area contributed by atoms with Gasteiger partial charge >= 0.3 is 29.8 Å². The molecule has 0 amide bonds. The average molecular weight is 740 g/mol. The number of para-hydroxylation sites is 1. The number of alkyl halides is 2. The van der Waals surface area contributed by atoms with E-state index in [-0.39, 0.29) is 22.4 Å². The number of hydrogen-bond donors (Lipinski definition) is 1. The van der Waals surface area contributed by atoms with E-state index in [4.69, 9.17) is 40.1 Å². The van der Waals surface area contributed by atoms with Crippen LogP contribution in [0.3, 0.4) is 0 Å². The van der Waals surface area contributed by atoms with Crippen molar-refractivity contribution in [1.82, 2.24) is 19.9 Å². The van der Waals surface area contributed by atoms with Gasteiger partial charge in [0, 0.05) is 18.1 Å². The lowest BCUT2D eigenvalue weighted by Crippen LogP contribution is -2.33. The first-order valence-corrected chi connectivity index (χ1v) is 15.7. The minimum atomic E-state index is -5.21. The minimum Gasteiger partial charge on any atom is -0.479 e. The van der Waals surface area contributed by atoms with Gasteiger partial charge in [0.25, 0.3) is 10.0 Å². The number of hydrogen-bond acceptors (Lipinski definition) is 13. The van der Waals surface area contributed by atoms with Gasteiger partial charge < -0.3 is 28.5 Å². The van der Waals surface area contributed by atoms with Gasteiger partial charge in [0.1, 0.15) is 22.8 Å². The van der Waals surface area contributed by atoms with Crippen molar-refractivity contribution in [3.63, 3.8) is 0 Å². The number of sulfonamides is 1. The Kier molecular flexibility index (Phi) is 11.6. The fourth-order valence-electron chi connectivity index (χ4n) is 3.87. The van der Waals surface area contributed by atoms with E-state index >= 15 is 0 Å². The number of carboxylic acids is 1. The van der Waals surface area contributed by atoms with Crippen molar-refractivity contribution in [2.24, 2.45) is 0 Å². The summed E-state index contributed by atoms with van der Waals surface area (Å²) in [5, 5.41) is 9.35. The molecule has 0 fully saturated rings. The number of anilines is 1. The number of fused-ring (bicyclic) bond motifs is 1. The number of methoxy groups -OCH3 is 2. The highest BCUT2D eigenvalue weighted by molar-refractivity contribution is 7.93. The number of oxazole rings is 1. The lowest BCUT2D eigenvalue weighted by Gasteiger charge is -2.21. The average Bonchev–Trinajstić information content (AvgIpc) is 3.49. The van der Waals surface area contributed by atoms with Gasteiger partial charge in [-0.3, -0.25) is 9.10 Å². The molecule has 2 heterocycles. The second kappa shape index (κ2) is 15.7. The molecule has 0 radical (unpaired) electrons. The summed E-state index contributed by atoms with van der Waals surface area (Å²) in [4.78, 5) is 38.7. The molecule has 264 valence electrons. The van der Waals surface area contributed by atoms with Crippen LogP contribution in [0.15, 0.2) is 65.1 Å². The summed E-state index contributed by atoms with van der Waals surface area (Å²) < 4.78 is 89.1. The van der Waals surface area contributed by atoms with E-state index in [2.05, 4.69) is 19.9 Å². The zero-order chi connectivity index (χ0) is 36.7. The largest absolute Gasteiger partial charge is 0.479 e. The van der Waals surface area contributed by atoms with E-state index in [9.17, 15) is 31.2 Å². The van der Waals surface area contributed by atoms with E-state index in [1.807, 2.05) is 0 Å². The first-order chi connectivity index (χ1) is 23.6. The SMILES string of the molecule is COc1nc(OC)nc(C(=O)c2cccc(F)c2N(C)S(=O)(=O)C(F)F)n1.C[C@H](Oc1ccc(Oc2nc3ccc(Cl)cc3o2)cc1)C(=O)O. The lowest BCUT2D eigenvalue weighted by atomic mass is 10.1. The molecule has 0 spiro atoms. The second-order valence-corrected chi connectivity index (χ2v) is 12.0. The number of nitrogens with zero attached hydrogens (tertiary/aromatic N) is 5. The van der Waals surface area contributed by atoms with Crippen LogP contribution in [-0.4, -0.2) is 78.3 Å². The topological polar surface area (TPSA) is 193 Å². The molecule has 0 aliphatic rings. The molecule has 0 unspecified atom stereocenters. The molecule has 0 aliphatic heterocycles. The summed E-state index contributed by atoms with van der Waals surface area (Å²) in [5.41, 5.74) is -0.263. The molecule has 5 aromatic rings. The first-order valence-electron chi connectivity index (χ1n) is 13.8. The predicted molar refractivity (Wildman–Crippen MR) is 169 cm³/mol. The van der Waals surface area contributed by atoms with Crippen LogP contribution < -0.4 is 23.3 Å². The van der Waals surface area contributed by atoms with Crippen LogP contribution in [-0.2, 0) is 14.8 Å². The Labute approximate surface area is 286 Å². The molecule has 20 heteroatoms. The number of benzene rings is 3. The molecular weight excluding hydrogens is 715 g/mol. The van der Waals surface area contributed by atoms with E-state index in [1.54, 1.807) is 42.5 Å². The van der Waals surface area contributed by atoms with Crippen LogP contribution in [0, 0.1) is 5.82 Å². The molecule has 1 atom stereocenters. The molecule has 0 aliphatic carbocycles. The van der Waals surface area contributed by atoms with Gasteiger partial charge in [0.15, 0.2) is 11.7 Å². The van der Waals surface area contributed by atoms with Gasteiger partial charge in [0.05, 0.1) is 25.5 Å². The summed E-state index contributed by atoms with van der Waals surface area (Å²) in [5.74, 6) is -6.76. The van der Waals surface area contributed by atoms with E-state index < -0.39 is 56.5 Å². The Morgan fingerprint density at radius 1 is 0.940 bits per heavy atom. The molecule has 5 rings (SSSR count). The Morgan fingerprint density at radius 2 is 1.56 bits per heavy atom. The summed E-state index contributed by atoms with van der Waals surface area (Å²) >= 11 is 5.88. The Bertz CT molecular complexity index is 2100. The number of ether oxygens (including phenoxy) is 4. The molecule has 1 N–H and O–H groups in total. The Hall–Kier alpha value is -5.69. The van der Waals surface area contributed by atoms with Crippen molar-refractivity contribution in [1.29, 1.82) is 0 Å². The molecule has 2 aromatic heterocycles. The number of rotatable bonds is 12. The van der Waals surface area contributed by atoms with Crippen molar-refractivity contribution in [3.05, 3.63) is 82.9 Å². The van der Waals surface area contributed by atoms with Crippen LogP contribution in [0.2, 0.25) is 5.02 Å². The smallest absolute Gasteiger partial charge is 0.400 e. The van der Waals surface area contributed by atoms with Crippen molar-refractivity contribution >= 4 is 50.2 Å². The molecule has 0 saturated heterocycles. The molecule has 3 aromatic carbocycles. The van der Waals surface area contributed by atoms with Crippen molar-refractivity contribution in [2.45, 2.75) is 18.8 Å². The highest BCUT2D eigenvalue weighted by Gasteiger charge is 2.34. The molecule has 15 nitrogen and oxygen atoms in total. The first kappa shape index (κ1) is 37.1. The zero-order valence-electron chi connectivity index (χ0n) is 26.2. The van der Waals surface area contributed by atoms with Gasteiger partial charge in [-0.1, -0.05) is 17.7 Å². The van der Waals surface area contributed by atoms with Gasteiger partial charge in [-0.2, -0.15) is 23.7 Å². The predicted octanol–water partition coefficient (Wildman–Crippen LogP) is 5.37. The van der Waals surface area contributed by atoms with Gasteiger partial charge in [0.2, 0.25) is 11.6 Å². The molecule has 0 bridgehead atoms. The number of carbonyl (C=O) groups excluding carboxylic acids is 1. The number of aliphatic carboxylic acids is 1. The Balaban J connectivity index is 0.000000227. The van der Waals surface area contributed by atoms with Crippen LogP contribution >= 0.6 is 11.6 Å². The summed E-state index contributed by atoms with van der Waals surface area (Å²) in [6.45, 7) is 1.45. The second-order valence-electron chi connectivity index (χ2n) is 9.63. The summed E-state index contributed by atoms with van der Waals surface area (Å²) in [6, 6.07) is 13.9. The third kappa shape index (κ3) is 8.66. The number of carboxylic acid groups (broad SMARTS) is 1. The number of halogens is 4. The maximum Gasteiger partial charge on any atom is 0.400 e. The molecule has 0 saturated carbocycles. The van der Waals surface area contributed by atoms with Crippen LogP contribution in [0.4, 0.5) is 18.9 Å². The van der Waals surface area contributed by atoms with Crippen LogP contribution in [0.5, 0.6) is 29.6 Å². The number of aromatic nitrogens is 4. The summed E-state index contributed by atoms with van der Waals surface area (Å²) in [6.07, 6.45) is -0.835. The Morgan fingerprint density at radius 3 is 2.14 bits per heavy atom. The third-order valence-electron chi connectivity index (χ3n) is 6.34. The van der Waals surface area contributed by atoms with Crippen molar-refractivity contribution in [2.75, 3.05) is 25.6 Å². The van der Waals surface area contributed by atoms with E-state index in [1.165, 1.54) is 21.1 Å². The van der Waals surface area contributed by atoms with E-state index in [0.717, 1.165) is 18.2 Å². The van der Waals surface area contributed by atoms with Gasteiger partial charge in [-0.05, 0) is 55.5 Å². The maximum absolute atomic E-state index is 14.3. The summed E-state index contributed by atoms with van der Waals surface area (Å²) in [7, 11) is -2.10. The van der Waals surface area contributed by atoms with Crippen molar-refractivity contribution in [3.8, 4) is 29.6 Å². The van der Waals surface area contributed by atoms with Crippen molar-refractivity contribution < 1.29 is 59.6 Å². The fraction of sp³-hybridized carbons (Fsp3) is 0.200. The fourth-order valence-corrected chi connectivity index (χ4v) is 4.71. The third-order valence-corrected chi connectivity index (χ3v) is 7.97. The zero-order valence-corrected chi connectivity index (χ0v) is 27.8. The van der Waals surface area contributed by atoms with E-state index in [0.29, 0.717) is 34.7 Å². The van der Waals surface area contributed by atoms with Crippen LogP contribution in [0.25, 0.3) is 11.1 Å². The monoisotopic (exact) mass is 739 g/mol.